The van der Waals surface area contributed by atoms with E-state index in [1.54, 1.807) is 42.5 Å². The van der Waals surface area contributed by atoms with Gasteiger partial charge in [-0.05, 0) is 36.4 Å². The first-order chi connectivity index (χ1) is 22.3. The van der Waals surface area contributed by atoms with Crippen LogP contribution in [0.5, 0.6) is 17.2 Å². The topological polar surface area (TPSA) is 177 Å². The van der Waals surface area contributed by atoms with Gasteiger partial charge in [0.05, 0.1) is 33.7 Å². The minimum absolute atomic E-state index is 0.0709. The molecular weight excluding hydrogens is 715 g/mol. The Morgan fingerprint density at radius 2 is 1.21 bits per heavy atom. The second kappa shape index (κ2) is 13.8. The Hall–Kier alpha value is -4.41. The number of hydrogen-bond acceptors (Lipinski definition) is 9. The van der Waals surface area contributed by atoms with Gasteiger partial charge in [0.15, 0.2) is 11.6 Å². The zero-order chi connectivity index (χ0) is 33.9. The highest BCUT2D eigenvalue weighted by molar-refractivity contribution is 7.93. The van der Waals surface area contributed by atoms with Gasteiger partial charge < -0.3 is 24.2 Å². The zero-order valence-corrected chi connectivity index (χ0v) is 28.5. The van der Waals surface area contributed by atoms with Crippen LogP contribution < -0.4 is 23.7 Å². The summed E-state index contributed by atoms with van der Waals surface area (Å²) in [6.45, 7) is 0. The van der Waals surface area contributed by atoms with Crippen LogP contribution in [0.25, 0.3) is 21.8 Å². The molecule has 4 aromatic heterocycles. The lowest BCUT2D eigenvalue weighted by atomic mass is 10.2. The number of sulfonamides is 2. The molecule has 47 heavy (non-hydrogen) atoms. The lowest BCUT2D eigenvalue weighted by Gasteiger charge is -2.11. The van der Waals surface area contributed by atoms with E-state index in [2.05, 4.69) is 29.4 Å². The van der Waals surface area contributed by atoms with E-state index < -0.39 is 20.0 Å². The van der Waals surface area contributed by atoms with Crippen molar-refractivity contribution >= 4 is 88.3 Å². The maximum atomic E-state index is 12.7. The standard InChI is InChI=1S/C15H14ClN3O4S.C14H11Cl2N3O3S/c1-22-10-6-13(23-2)15(18-7-10)19-24(20,21)14-8-17-12-5-9(16)3-4-11(12)14;1-22-12-5-14(18-6-10(12)16)19-23(20,21)13-7-17-11-4-8(15)2-3-9(11)13/h3-8,17H,1-2H3,(H,18,19);2-7,17H,1H3,(H,18,19). The molecule has 6 rings (SSSR count). The number of hydrogen-bond donors (Lipinski definition) is 4. The van der Waals surface area contributed by atoms with Gasteiger partial charge in [-0.3, -0.25) is 9.44 Å². The summed E-state index contributed by atoms with van der Waals surface area (Å²) in [5, 5.41) is 2.37. The number of nitrogens with one attached hydrogen (secondary N) is 4. The van der Waals surface area contributed by atoms with Crippen LogP contribution in [0, 0.1) is 0 Å². The van der Waals surface area contributed by atoms with Gasteiger partial charge in [-0.1, -0.05) is 34.8 Å². The SMILES string of the molecule is COc1cc(NS(=O)(=O)c2c[nH]c3cc(Cl)ccc23)ncc1Cl.COc1cnc(NS(=O)(=O)c2c[nH]c3cc(Cl)ccc23)c(OC)c1. The number of anilines is 2. The van der Waals surface area contributed by atoms with Crippen molar-refractivity contribution in [2.45, 2.75) is 9.79 Å². The smallest absolute Gasteiger partial charge is 0.265 e. The highest BCUT2D eigenvalue weighted by Crippen LogP contribution is 2.32. The molecule has 0 aliphatic rings. The van der Waals surface area contributed by atoms with Gasteiger partial charge in [0.2, 0.25) is 0 Å². The molecule has 0 unspecified atom stereocenters. The summed E-state index contributed by atoms with van der Waals surface area (Å²) < 4.78 is 70.6. The molecule has 0 spiro atoms. The molecule has 18 heteroatoms. The lowest BCUT2D eigenvalue weighted by Crippen LogP contribution is -2.14. The van der Waals surface area contributed by atoms with Gasteiger partial charge in [0.25, 0.3) is 20.0 Å². The molecule has 2 aromatic carbocycles. The van der Waals surface area contributed by atoms with Crippen LogP contribution in [0.15, 0.2) is 83.1 Å². The average molecular weight is 740 g/mol. The number of nitrogens with zero attached hydrogens (tertiary/aromatic N) is 2. The summed E-state index contributed by atoms with van der Waals surface area (Å²) in [6.07, 6.45) is 5.51. The Morgan fingerprint density at radius 1 is 0.660 bits per heavy atom. The van der Waals surface area contributed by atoms with Crippen molar-refractivity contribution in [3.63, 3.8) is 0 Å². The fourth-order valence-electron chi connectivity index (χ4n) is 4.37. The normalized spacial score (nSPS) is 11.5. The van der Waals surface area contributed by atoms with Crippen molar-refractivity contribution in [2.75, 3.05) is 30.8 Å². The Labute approximate surface area is 284 Å². The molecule has 0 bridgehead atoms. The molecule has 4 N–H and O–H groups in total. The van der Waals surface area contributed by atoms with Crippen LogP contribution in [-0.2, 0) is 20.0 Å². The Bertz CT molecular complexity index is 2310. The average Bonchev–Trinajstić information content (AvgIpc) is 3.67. The molecule has 0 aliphatic carbocycles. The number of benzene rings is 2. The van der Waals surface area contributed by atoms with Crippen LogP contribution in [0.3, 0.4) is 0 Å². The molecular formula is C29H25Cl3N6O7S2. The number of fused-ring (bicyclic) bond motifs is 2. The molecule has 13 nitrogen and oxygen atoms in total. The van der Waals surface area contributed by atoms with E-state index in [0.717, 1.165) is 0 Å². The third-order valence-corrected chi connectivity index (χ3v) is 10.1. The molecule has 0 atom stereocenters. The van der Waals surface area contributed by atoms with E-state index in [4.69, 9.17) is 49.0 Å². The molecule has 0 saturated heterocycles. The van der Waals surface area contributed by atoms with Gasteiger partial charge in [-0.25, -0.2) is 26.8 Å². The fraction of sp³-hybridized carbons (Fsp3) is 0.103. The summed E-state index contributed by atoms with van der Waals surface area (Å²) in [5.41, 5.74) is 1.25. The van der Waals surface area contributed by atoms with Crippen molar-refractivity contribution < 1.29 is 31.0 Å². The van der Waals surface area contributed by atoms with E-state index >= 15 is 0 Å². The van der Waals surface area contributed by atoms with Crippen molar-refractivity contribution in [3.05, 3.63) is 88.4 Å². The first kappa shape index (κ1) is 33.9. The number of halogens is 3. The van der Waals surface area contributed by atoms with E-state index in [1.165, 1.54) is 52.2 Å². The van der Waals surface area contributed by atoms with Gasteiger partial charge in [-0.15, -0.1) is 0 Å². The summed E-state index contributed by atoms with van der Waals surface area (Å²) in [7, 11) is -3.37. The monoisotopic (exact) mass is 738 g/mol. The summed E-state index contributed by atoms with van der Waals surface area (Å²) in [5.74, 6) is 1.21. The first-order valence-electron chi connectivity index (χ1n) is 13.2. The van der Waals surface area contributed by atoms with Crippen LogP contribution in [0.4, 0.5) is 11.6 Å². The largest absolute Gasteiger partial charge is 0.495 e. The highest BCUT2D eigenvalue weighted by atomic mass is 35.5. The maximum absolute atomic E-state index is 12.7. The third-order valence-electron chi connectivity index (χ3n) is 6.58. The molecule has 0 aliphatic heterocycles. The summed E-state index contributed by atoms with van der Waals surface area (Å²) >= 11 is 17.7. The van der Waals surface area contributed by atoms with Crippen molar-refractivity contribution in [3.8, 4) is 17.2 Å². The quantitative estimate of drug-likeness (QED) is 0.125. The van der Waals surface area contributed by atoms with Gasteiger partial charge >= 0.3 is 0 Å². The predicted molar refractivity (Wildman–Crippen MR) is 181 cm³/mol. The molecule has 0 radical (unpaired) electrons. The van der Waals surface area contributed by atoms with Crippen molar-refractivity contribution in [1.82, 2.24) is 19.9 Å². The van der Waals surface area contributed by atoms with Crippen molar-refractivity contribution in [1.29, 1.82) is 0 Å². The molecule has 6 aromatic rings. The van der Waals surface area contributed by atoms with E-state index in [9.17, 15) is 16.8 Å². The highest BCUT2D eigenvalue weighted by Gasteiger charge is 2.23. The lowest BCUT2D eigenvalue weighted by molar-refractivity contribution is 0.392. The molecule has 246 valence electrons. The first-order valence-corrected chi connectivity index (χ1v) is 17.3. The summed E-state index contributed by atoms with van der Waals surface area (Å²) in [6, 6.07) is 12.8. The number of H-pyrrole nitrogens is 2. The van der Waals surface area contributed by atoms with Crippen LogP contribution in [-0.4, -0.2) is 58.1 Å². The number of ether oxygens (including phenoxy) is 3. The zero-order valence-electron chi connectivity index (χ0n) is 24.6. The molecule has 4 heterocycles. The van der Waals surface area contributed by atoms with E-state index in [1.807, 2.05) is 0 Å². The Morgan fingerprint density at radius 3 is 1.74 bits per heavy atom. The van der Waals surface area contributed by atoms with Gasteiger partial charge in [0, 0.05) is 56.4 Å². The third kappa shape index (κ3) is 7.44. The molecule has 0 fully saturated rings. The van der Waals surface area contributed by atoms with Crippen LogP contribution in [0.1, 0.15) is 0 Å². The number of methoxy groups -OCH3 is 3. The predicted octanol–water partition coefficient (Wildman–Crippen LogP) is 6.71. The molecule has 0 saturated carbocycles. The summed E-state index contributed by atoms with van der Waals surface area (Å²) in [4.78, 5) is 13.9. The maximum Gasteiger partial charge on any atom is 0.265 e. The van der Waals surface area contributed by atoms with Gasteiger partial charge in [-0.2, -0.15) is 0 Å². The van der Waals surface area contributed by atoms with E-state index in [0.29, 0.717) is 43.4 Å². The fourth-order valence-corrected chi connectivity index (χ4v) is 7.27. The minimum atomic E-state index is -3.87. The van der Waals surface area contributed by atoms with Crippen LogP contribution >= 0.6 is 34.8 Å². The Balaban J connectivity index is 0.000000185. The number of aromatic amines is 2. The number of aromatic nitrogens is 4. The second-order valence-corrected chi connectivity index (χ2v) is 14.1. The second-order valence-electron chi connectivity index (χ2n) is 9.53. The van der Waals surface area contributed by atoms with Gasteiger partial charge in [0.1, 0.15) is 32.1 Å². The number of rotatable bonds is 9. The van der Waals surface area contributed by atoms with E-state index in [-0.39, 0.29) is 32.2 Å². The minimum Gasteiger partial charge on any atom is -0.495 e. The molecule has 0 amide bonds. The number of pyridine rings is 2. The van der Waals surface area contributed by atoms with Crippen molar-refractivity contribution in [2.24, 2.45) is 0 Å². The Kier molecular flexibility index (Phi) is 9.93. The van der Waals surface area contributed by atoms with Crippen LogP contribution in [0.2, 0.25) is 15.1 Å².